The molecule has 0 radical (unpaired) electrons. The van der Waals surface area contributed by atoms with E-state index in [0.717, 1.165) is 32.0 Å². The molecule has 0 saturated carbocycles. The fourth-order valence-corrected chi connectivity index (χ4v) is 3.63. The summed E-state index contributed by atoms with van der Waals surface area (Å²) in [6, 6.07) is 5.75. The van der Waals surface area contributed by atoms with Crippen LogP contribution in [0, 0.1) is 22.2 Å². The van der Waals surface area contributed by atoms with E-state index in [-0.39, 0.29) is 22.7 Å². The monoisotopic (exact) mass is 365 g/mol. The fourth-order valence-electron chi connectivity index (χ4n) is 3.63. The number of aromatic nitrogens is 1. The number of nitrogens with one attached hydrogen (secondary N) is 1. The summed E-state index contributed by atoms with van der Waals surface area (Å²) < 4.78 is 5.30. The van der Waals surface area contributed by atoms with Gasteiger partial charge in [0.2, 0.25) is 5.84 Å². The van der Waals surface area contributed by atoms with Gasteiger partial charge in [0.05, 0.1) is 29.9 Å². The van der Waals surface area contributed by atoms with Gasteiger partial charge in [0.25, 0.3) is 0 Å². The SMILES string of the molecule is CC1=N/C(=N/O)C(=N)C(N)=C1Cc1ccc(C#N)c(N2CC3(COC3)C2)n1. The Hall–Kier alpha value is -3.25. The number of rotatable bonds is 3. The number of hydrogen-bond acceptors (Lipinski definition) is 8. The molecule has 9 nitrogen and oxygen atoms in total. The minimum absolute atomic E-state index is 0.101. The zero-order valence-electron chi connectivity index (χ0n) is 14.9. The summed E-state index contributed by atoms with van der Waals surface area (Å²) in [4.78, 5) is 10.9. The molecule has 0 amide bonds. The van der Waals surface area contributed by atoms with E-state index in [0.29, 0.717) is 29.1 Å². The molecule has 0 aromatic carbocycles. The predicted molar refractivity (Wildman–Crippen MR) is 99.4 cm³/mol. The Bertz CT molecular complexity index is 958. The van der Waals surface area contributed by atoms with Crippen LogP contribution in [-0.2, 0) is 11.2 Å². The van der Waals surface area contributed by atoms with Gasteiger partial charge in [-0.15, -0.1) is 0 Å². The predicted octanol–water partition coefficient (Wildman–Crippen LogP) is 0.827. The fraction of sp³-hybridized carbons (Fsp3) is 0.389. The van der Waals surface area contributed by atoms with Crippen LogP contribution >= 0.6 is 0 Å². The zero-order valence-corrected chi connectivity index (χ0v) is 14.9. The summed E-state index contributed by atoms with van der Waals surface area (Å²) >= 11 is 0. The molecule has 4 rings (SSSR count). The summed E-state index contributed by atoms with van der Waals surface area (Å²) in [5.74, 6) is 0.570. The van der Waals surface area contributed by atoms with Gasteiger partial charge in [-0.1, -0.05) is 5.16 Å². The van der Waals surface area contributed by atoms with Gasteiger partial charge in [-0.25, -0.2) is 9.98 Å². The molecule has 138 valence electrons. The van der Waals surface area contributed by atoms with Crippen LogP contribution in [0.2, 0.25) is 0 Å². The maximum atomic E-state index is 9.42. The quantitative estimate of drug-likeness (QED) is 0.534. The third-order valence-corrected chi connectivity index (χ3v) is 5.20. The van der Waals surface area contributed by atoms with Gasteiger partial charge in [0.15, 0.2) is 0 Å². The number of nitriles is 1. The van der Waals surface area contributed by atoms with Gasteiger partial charge in [-0.2, -0.15) is 5.26 Å². The highest BCUT2D eigenvalue weighted by molar-refractivity contribution is 6.50. The summed E-state index contributed by atoms with van der Waals surface area (Å²) in [7, 11) is 0. The standard InChI is InChI=1S/C18H19N7O2/c1-10-13(14(20)15(21)16(22-10)24-26)4-12-3-2-11(5-19)17(23-12)25-6-18(7-25)8-27-9-18/h2-3,21,26H,4,6-9,20H2,1H3/b21-15?,24-16+. The first-order valence-corrected chi connectivity index (χ1v) is 8.55. The highest BCUT2D eigenvalue weighted by atomic mass is 16.5. The smallest absolute Gasteiger partial charge is 0.218 e. The van der Waals surface area contributed by atoms with Gasteiger partial charge in [-0.05, 0) is 19.1 Å². The Morgan fingerprint density at radius 1 is 1.44 bits per heavy atom. The third-order valence-electron chi connectivity index (χ3n) is 5.20. The van der Waals surface area contributed by atoms with E-state index in [9.17, 15) is 5.26 Å². The van der Waals surface area contributed by atoms with Crippen LogP contribution in [0.4, 0.5) is 5.82 Å². The molecule has 0 bridgehead atoms. The third kappa shape index (κ3) is 2.74. The highest BCUT2D eigenvalue weighted by Gasteiger charge is 2.49. The number of allylic oxidation sites excluding steroid dienone is 1. The van der Waals surface area contributed by atoms with Crippen molar-refractivity contribution in [1.29, 1.82) is 10.7 Å². The Balaban J connectivity index is 1.61. The van der Waals surface area contributed by atoms with Gasteiger partial charge in [-0.3, -0.25) is 5.41 Å². The van der Waals surface area contributed by atoms with Crippen LogP contribution < -0.4 is 10.6 Å². The van der Waals surface area contributed by atoms with Crippen LogP contribution in [0.5, 0.6) is 0 Å². The molecule has 9 heteroatoms. The lowest BCUT2D eigenvalue weighted by Gasteiger charge is -2.55. The molecule has 0 atom stereocenters. The first-order valence-electron chi connectivity index (χ1n) is 8.55. The summed E-state index contributed by atoms with van der Waals surface area (Å²) in [5, 5.41) is 29.3. The van der Waals surface area contributed by atoms with Crippen molar-refractivity contribution in [3.8, 4) is 6.07 Å². The summed E-state index contributed by atoms with van der Waals surface area (Å²) in [5.41, 5.74) is 8.91. The van der Waals surface area contributed by atoms with Crippen molar-refractivity contribution < 1.29 is 9.94 Å². The van der Waals surface area contributed by atoms with E-state index in [1.54, 1.807) is 19.1 Å². The molecule has 0 unspecified atom stereocenters. The van der Waals surface area contributed by atoms with Crippen LogP contribution in [0.25, 0.3) is 0 Å². The molecule has 3 aliphatic heterocycles. The second-order valence-corrected chi connectivity index (χ2v) is 7.20. The van der Waals surface area contributed by atoms with Crippen LogP contribution in [0.3, 0.4) is 0 Å². The summed E-state index contributed by atoms with van der Waals surface area (Å²) in [6.45, 7) is 4.96. The molecule has 2 fully saturated rings. The molecule has 3 aliphatic rings. The Labute approximate surface area is 156 Å². The van der Waals surface area contributed by atoms with Crippen molar-refractivity contribution in [3.05, 3.63) is 34.7 Å². The van der Waals surface area contributed by atoms with E-state index in [2.05, 4.69) is 26.1 Å². The molecule has 1 spiro atoms. The maximum Gasteiger partial charge on any atom is 0.218 e. The zero-order chi connectivity index (χ0) is 19.2. The number of amidine groups is 1. The van der Waals surface area contributed by atoms with E-state index in [4.69, 9.17) is 21.1 Å². The first kappa shape index (κ1) is 17.2. The molecule has 27 heavy (non-hydrogen) atoms. The molecule has 4 heterocycles. The molecular weight excluding hydrogens is 346 g/mol. The van der Waals surface area contributed by atoms with Crippen LogP contribution in [0.15, 0.2) is 33.6 Å². The van der Waals surface area contributed by atoms with Crippen LogP contribution in [0.1, 0.15) is 18.2 Å². The number of dihydropyridines is 1. The van der Waals surface area contributed by atoms with Gasteiger partial charge < -0.3 is 20.6 Å². The number of pyridine rings is 1. The second-order valence-electron chi connectivity index (χ2n) is 7.20. The first-order chi connectivity index (χ1) is 13.0. The largest absolute Gasteiger partial charge is 0.409 e. The number of ether oxygens (including phenoxy) is 1. The topological polar surface area (TPSA) is 144 Å². The molecule has 1 aromatic heterocycles. The number of nitrogens with two attached hydrogens (primary N) is 1. The van der Waals surface area contributed by atoms with Crippen LogP contribution in [-0.4, -0.2) is 53.8 Å². The average Bonchev–Trinajstić information content (AvgIpc) is 2.59. The lowest BCUT2D eigenvalue weighted by molar-refractivity contribution is -0.127. The van der Waals surface area contributed by atoms with Crippen molar-refractivity contribution in [2.24, 2.45) is 21.3 Å². The van der Waals surface area contributed by atoms with Gasteiger partial charge >= 0.3 is 0 Å². The molecule has 0 aliphatic carbocycles. The number of oxime groups is 1. The highest BCUT2D eigenvalue weighted by Crippen LogP contribution is 2.40. The minimum atomic E-state index is -0.110. The van der Waals surface area contributed by atoms with Crippen molar-refractivity contribution in [1.82, 2.24) is 4.98 Å². The van der Waals surface area contributed by atoms with E-state index >= 15 is 0 Å². The van der Waals surface area contributed by atoms with Crippen molar-refractivity contribution in [3.63, 3.8) is 0 Å². The maximum absolute atomic E-state index is 9.42. The normalized spacial score (nSPS) is 22.4. The Kier molecular flexibility index (Phi) is 3.93. The molecule has 4 N–H and O–H groups in total. The van der Waals surface area contributed by atoms with E-state index in [1.165, 1.54) is 0 Å². The minimum Gasteiger partial charge on any atom is -0.409 e. The molecule has 1 aromatic rings. The van der Waals surface area contributed by atoms with Gasteiger partial charge in [0.1, 0.15) is 17.6 Å². The number of hydrogen-bond donors (Lipinski definition) is 3. The summed E-state index contributed by atoms with van der Waals surface area (Å²) in [6.07, 6.45) is 0.378. The Morgan fingerprint density at radius 2 is 2.19 bits per heavy atom. The second kappa shape index (κ2) is 6.17. The van der Waals surface area contributed by atoms with Crippen molar-refractivity contribution in [2.75, 3.05) is 31.2 Å². The van der Waals surface area contributed by atoms with E-state index < -0.39 is 0 Å². The molecule has 2 saturated heterocycles. The Morgan fingerprint density at radius 3 is 2.78 bits per heavy atom. The number of aliphatic imine (C=N–C) groups is 1. The van der Waals surface area contributed by atoms with Gasteiger partial charge in [0, 0.05) is 36.5 Å². The average molecular weight is 365 g/mol. The lowest BCUT2D eigenvalue weighted by atomic mass is 9.78. The lowest BCUT2D eigenvalue weighted by Crippen LogP contribution is -2.66. The number of nitrogens with zero attached hydrogens (tertiary/aromatic N) is 5. The van der Waals surface area contributed by atoms with E-state index in [1.807, 2.05) is 0 Å². The molecular formula is C18H19N7O2. The number of anilines is 1. The van der Waals surface area contributed by atoms with Crippen molar-refractivity contribution in [2.45, 2.75) is 13.3 Å². The van der Waals surface area contributed by atoms with Crippen molar-refractivity contribution >= 4 is 23.1 Å².